The molecule has 0 aliphatic carbocycles. The van der Waals surface area contributed by atoms with E-state index in [0.717, 1.165) is 11.3 Å². The first kappa shape index (κ1) is 12.4. The number of rotatable bonds is 3. The maximum Gasteiger partial charge on any atom is 0.171 e. The molecule has 88 valence electrons. The Bertz CT molecular complexity index is 379. The van der Waals surface area contributed by atoms with E-state index in [1.165, 1.54) is 29.9 Å². The molecule has 1 saturated heterocycles. The number of carbonyl (C=O) groups excluding carboxylic acids is 1. The summed E-state index contributed by atoms with van der Waals surface area (Å²) in [6, 6.07) is 7.98. The Hall–Kier alpha value is -0.0300. The molecular weight excluding hydrogens is 331 g/mol. The van der Waals surface area contributed by atoms with Crippen LogP contribution in [0.1, 0.15) is 28.8 Å². The predicted octanol–water partition coefficient (Wildman–Crippen LogP) is 4.13. The standard InChI is InChI=1S/C13H17IOS/c1-11-4-6-12(7-5-11)13(15)10-16(14)8-2-3-9-16/h4-7H,2-3,8-10H2,1H3. The van der Waals surface area contributed by atoms with Crippen molar-refractivity contribution in [2.45, 2.75) is 19.8 Å². The van der Waals surface area contributed by atoms with Crippen LogP contribution in [0.2, 0.25) is 0 Å². The Kier molecular flexibility index (Phi) is 3.95. The van der Waals surface area contributed by atoms with Crippen LogP contribution < -0.4 is 0 Å². The van der Waals surface area contributed by atoms with E-state index >= 15 is 0 Å². The molecule has 16 heavy (non-hydrogen) atoms. The van der Waals surface area contributed by atoms with Gasteiger partial charge in [-0.15, -0.1) is 0 Å². The third kappa shape index (κ3) is 3.00. The van der Waals surface area contributed by atoms with Gasteiger partial charge in [0.2, 0.25) is 0 Å². The summed E-state index contributed by atoms with van der Waals surface area (Å²) in [5.41, 5.74) is 2.11. The van der Waals surface area contributed by atoms with Gasteiger partial charge in [0.1, 0.15) is 0 Å². The minimum Gasteiger partial charge on any atom is -0.293 e. The van der Waals surface area contributed by atoms with E-state index in [0.29, 0.717) is 5.78 Å². The van der Waals surface area contributed by atoms with Crippen LogP contribution in [0.15, 0.2) is 24.3 Å². The van der Waals surface area contributed by atoms with Crippen LogP contribution in [-0.2, 0) is 0 Å². The third-order valence-corrected chi connectivity index (χ3v) is 9.43. The maximum absolute atomic E-state index is 12.1. The molecule has 1 heterocycles. The lowest BCUT2D eigenvalue weighted by atomic mass is 10.1. The van der Waals surface area contributed by atoms with Gasteiger partial charge in [-0.2, -0.15) is 7.20 Å². The zero-order valence-electron chi connectivity index (χ0n) is 9.54. The van der Waals surface area contributed by atoms with Crippen molar-refractivity contribution < 1.29 is 4.79 Å². The number of aryl methyl sites for hydroxylation is 1. The number of benzene rings is 1. The smallest absolute Gasteiger partial charge is 0.171 e. The average Bonchev–Trinajstić information content (AvgIpc) is 2.65. The second kappa shape index (κ2) is 5.08. The quantitative estimate of drug-likeness (QED) is 0.593. The Morgan fingerprint density at radius 3 is 2.38 bits per heavy atom. The molecule has 0 spiro atoms. The van der Waals surface area contributed by atoms with Gasteiger partial charge in [-0.1, -0.05) is 29.8 Å². The number of carbonyl (C=O) groups is 1. The zero-order valence-corrected chi connectivity index (χ0v) is 12.5. The summed E-state index contributed by atoms with van der Waals surface area (Å²) in [4.78, 5) is 12.1. The highest BCUT2D eigenvalue weighted by Crippen LogP contribution is 2.61. The number of hydrogen-bond acceptors (Lipinski definition) is 1. The molecule has 0 atom stereocenters. The van der Waals surface area contributed by atoms with E-state index in [2.05, 4.69) is 28.1 Å². The Labute approximate surface area is 111 Å². The van der Waals surface area contributed by atoms with Crippen LogP contribution >= 0.6 is 28.4 Å². The van der Waals surface area contributed by atoms with Crippen molar-refractivity contribution >= 4 is 34.2 Å². The summed E-state index contributed by atoms with van der Waals surface area (Å²) in [6.45, 7) is 2.05. The number of halogens is 1. The van der Waals surface area contributed by atoms with E-state index in [-0.39, 0.29) is 0 Å². The minimum atomic E-state index is -0.641. The first-order chi connectivity index (χ1) is 7.59. The fourth-order valence-corrected chi connectivity index (χ4v) is 7.31. The minimum absolute atomic E-state index is 0.339. The highest BCUT2D eigenvalue weighted by molar-refractivity contribution is 14.2. The molecule has 0 unspecified atom stereocenters. The monoisotopic (exact) mass is 348 g/mol. The second-order valence-electron chi connectivity index (χ2n) is 4.49. The van der Waals surface area contributed by atoms with Crippen LogP contribution in [0.4, 0.5) is 0 Å². The summed E-state index contributed by atoms with van der Waals surface area (Å²) in [6.07, 6.45) is 2.64. The van der Waals surface area contributed by atoms with Gasteiger partial charge >= 0.3 is 0 Å². The highest BCUT2D eigenvalue weighted by Gasteiger charge is 2.28. The van der Waals surface area contributed by atoms with Crippen molar-refractivity contribution in [3.8, 4) is 0 Å². The van der Waals surface area contributed by atoms with Gasteiger partial charge in [0, 0.05) is 11.3 Å². The average molecular weight is 348 g/mol. The van der Waals surface area contributed by atoms with E-state index in [1.54, 1.807) is 0 Å². The lowest BCUT2D eigenvalue weighted by Gasteiger charge is -2.26. The molecule has 1 fully saturated rings. The lowest BCUT2D eigenvalue weighted by Crippen LogP contribution is -2.11. The number of Topliss-reactive ketones (excluding diaryl/α,β-unsaturated/α-hetero) is 1. The van der Waals surface area contributed by atoms with Gasteiger partial charge in [0.05, 0.1) is 0 Å². The fourth-order valence-electron chi connectivity index (χ4n) is 2.03. The molecule has 0 radical (unpaired) electrons. The molecule has 0 N–H and O–H groups in total. The summed E-state index contributed by atoms with van der Waals surface area (Å²) in [5.74, 6) is 3.69. The van der Waals surface area contributed by atoms with E-state index in [4.69, 9.17) is 0 Å². The van der Waals surface area contributed by atoms with Gasteiger partial charge in [-0.25, -0.2) is 0 Å². The van der Waals surface area contributed by atoms with Gasteiger partial charge in [0.15, 0.2) is 5.78 Å². The van der Waals surface area contributed by atoms with Gasteiger partial charge < -0.3 is 0 Å². The Morgan fingerprint density at radius 1 is 1.25 bits per heavy atom. The molecule has 0 aromatic heterocycles. The molecule has 1 aliphatic heterocycles. The van der Waals surface area contributed by atoms with Gasteiger partial charge in [0.25, 0.3) is 0 Å². The van der Waals surface area contributed by atoms with Crippen molar-refractivity contribution in [1.82, 2.24) is 0 Å². The van der Waals surface area contributed by atoms with Gasteiger partial charge in [-0.05, 0) is 52.5 Å². The topological polar surface area (TPSA) is 17.1 Å². The van der Waals surface area contributed by atoms with Crippen LogP contribution in [0.3, 0.4) is 0 Å². The maximum atomic E-state index is 12.1. The van der Waals surface area contributed by atoms with E-state index in [9.17, 15) is 4.79 Å². The van der Waals surface area contributed by atoms with Crippen LogP contribution in [0, 0.1) is 6.92 Å². The zero-order chi connectivity index (χ0) is 11.6. The molecule has 0 amide bonds. The predicted molar refractivity (Wildman–Crippen MR) is 81.0 cm³/mol. The Balaban J connectivity index is 2.05. The molecule has 3 heteroatoms. The SMILES string of the molecule is Cc1ccc(C(=O)CS2(I)CCCC2)cc1. The molecule has 1 nitrogen and oxygen atoms in total. The van der Waals surface area contributed by atoms with Crippen molar-refractivity contribution in [3.05, 3.63) is 35.4 Å². The van der Waals surface area contributed by atoms with E-state index in [1.807, 2.05) is 24.3 Å². The van der Waals surface area contributed by atoms with Crippen LogP contribution in [0.5, 0.6) is 0 Å². The molecule has 0 saturated carbocycles. The summed E-state index contributed by atoms with van der Waals surface area (Å²) in [5, 5.41) is 0. The fraction of sp³-hybridized carbons (Fsp3) is 0.462. The van der Waals surface area contributed by atoms with Crippen LogP contribution in [0.25, 0.3) is 0 Å². The van der Waals surface area contributed by atoms with Crippen molar-refractivity contribution in [2.75, 3.05) is 17.3 Å². The largest absolute Gasteiger partial charge is 0.293 e. The molecule has 0 bridgehead atoms. The first-order valence-electron chi connectivity index (χ1n) is 5.65. The molecule has 1 aromatic carbocycles. The molecular formula is C13H17IOS. The normalized spacial score (nSPS) is 20.6. The number of hydrogen-bond donors (Lipinski definition) is 0. The summed E-state index contributed by atoms with van der Waals surface area (Å²) in [7, 11) is -0.641. The molecule has 1 aliphatic rings. The second-order valence-corrected chi connectivity index (χ2v) is 13.1. The lowest BCUT2D eigenvalue weighted by molar-refractivity contribution is 0.102. The Morgan fingerprint density at radius 2 is 1.81 bits per heavy atom. The van der Waals surface area contributed by atoms with Crippen molar-refractivity contribution in [3.63, 3.8) is 0 Å². The molecule has 2 rings (SSSR count). The summed E-state index contributed by atoms with van der Waals surface area (Å²) < 4.78 is 0. The van der Waals surface area contributed by atoms with Crippen LogP contribution in [-0.4, -0.2) is 23.0 Å². The highest BCUT2D eigenvalue weighted by atomic mass is 127. The summed E-state index contributed by atoms with van der Waals surface area (Å²) >= 11 is 2.58. The third-order valence-electron chi connectivity index (χ3n) is 3.03. The first-order valence-corrected chi connectivity index (χ1v) is 10.3. The van der Waals surface area contributed by atoms with Gasteiger partial charge in [-0.3, -0.25) is 4.79 Å². The molecule has 1 aromatic rings. The number of ketones is 1. The van der Waals surface area contributed by atoms with E-state index < -0.39 is 7.20 Å². The van der Waals surface area contributed by atoms with Crippen molar-refractivity contribution in [1.29, 1.82) is 0 Å². The van der Waals surface area contributed by atoms with Crippen molar-refractivity contribution in [2.24, 2.45) is 0 Å².